The van der Waals surface area contributed by atoms with Gasteiger partial charge in [-0.1, -0.05) is 25.0 Å². The molecule has 3 heteroatoms. The van der Waals surface area contributed by atoms with E-state index in [1.54, 1.807) is 6.26 Å². The van der Waals surface area contributed by atoms with Crippen LogP contribution in [0.5, 0.6) is 0 Å². The molecule has 1 aromatic carbocycles. The predicted molar refractivity (Wildman–Crippen MR) is 77.0 cm³/mol. The zero-order valence-electron chi connectivity index (χ0n) is 11.4. The molecule has 1 aromatic heterocycles. The molecule has 100 valence electrons. The van der Waals surface area contributed by atoms with Gasteiger partial charge in [0.15, 0.2) is 0 Å². The lowest BCUT2D eigenvalue weighted by Gasteiger charge is -2.10. The molecule has 19 heavy (non-hydrogen) atoms. The lowest BCUT2D eigenvalue weighted by molar-refractivity contribution is -0.116. The van der Waals surface area contributed by atoms with Gasteiger partial charge in [0, 0.05) is 12.0 Å². The van der Waals surface area contributed by atoms with Crippen molar-refractivity contribution >= 4 is 11.6 Å². The van der Waals surface area contributed by atoms with Crippen molar-refractivity contribution in [1.82, 2.24) is 0 Å². The molecular formula is C16H19NO2. The molecule has 0 aliphatic carbocycles. The van der Waals surface area contributed by atoms with Crippen LogP contribution < -0.4 is 5.32 Å². The fourth-order valence-electron chi connectivity index (χ4n) is 1.95. The van der Waals surface area contributed by atoms with E-state index in [2.05, 4.69) is 12.2 Å². The number of aryl methyl sites for hydroxylation is 1. The van der Waals surface area contributed by atoms with Gasteiger partial charge in [-0.2, -0.15) is 0 Å². The highest BCUT2D eigenvalue weighted by Gasteiger charge is 2.10. The maximum absolute atomic E-state index is 11.8. The van der Waals surface area contributed by atoms with E-state index in [1.165, 1.54) is 0 Å². The van der Waals surface area contributed by atoms with Gasteiger partial charge in [-0.15, -0.1) is 0 Å². The largest absolute Gasteiger partial charge is 0.464 e. The molecule has 0 aliphatic rings. The Morgan fingerprint density at radius 3 is 2.84 bits per heavy atom. The summed E-state index contributed by atoms with van der Waals surface area (Å²) in [5.74, 6) is 0.827. The summed E-state index contributed by atoms with van der Waals surface area (Å²) in [7, 11) is 0. The van der Waals surface area contributed by atoms with Gasteiger partial charge in [0.2, 0.25) is 5.91 Å². The third-order valence-corrected chi connectivity index (χ3v) is 2.99. The fourth-order valence-corrected chi connectivity index (χ4v) is 1.95. The monoisotopic (exact) mass is 257 g/mol. The second-order valence-electron chi connectivity index (χ2n) is 4.68. The Hall–Kier alpha value is -2.03. The van der Waals surface area contributed by atoms with Crippen LogP contribution in [0.25, 0.3) is 11.3 Å². The van der Waals surface area contributed by atoms with E-state index in [9.17, 15) is 4.79 Å². The summed E-state index contributed by atoms with van der Waals surface area (Å²) in [6.45, 7) is 4.10. The quantitative estimate of drug-likeness (QED) is 0.863. The van der Waals surface area contributed by atoms with Gasteiger partial charge in [-0.25, -0.2) is 0 Å². The zero-order valence-corrected chi connectivity index (χ0v) is 11.4. The second-order valence-corrected chi connectivity index (χ2v) is 4.68. The van der Waals surface area contributed by atoms with E-state index < -0.39 is 0 Å². The van der Waals surface area contributed by atoms with E-state index in [4.69, 9.17) is 4.42 Å². The Labute approximate surface area is 113 Å². The van der Waals surface area contributed by atoms with E-state index >= 15 is 0 Å². The normalized spacial score (nSPS) is 10.4. The smallest absolute Gasteiger partial charge is 0.224 e. The minimum absolute atomic E-state index is 0.0542. The van der Waals surface area contributed by atoms with E-state index in [0.29, 0.717) is 6.42 Å². The average Bonchev–Trinajstić information content (AvgIpc) is 2.92. The molecule has 0 atom stereocenters. The summed E-state index contributed by atoms with van der Waals surface area (Å²) < 4.78 is 5.43. The first kappa shape index (κ1) is 13.4. The molecule has 0 saturated heterocycles. The van der Waals surface area contributed by atoms with Crippen molar-refractivity contribution in [3.05, 3.63) is 42.2 Å². The fraction of sp³-hybridized carbons (Fsp3) is 0.312. The Balaban J connectivity index is 2.23. The molecule has 1 amide bonds. The lowest BCUT2D eigenvalue weighted by atomic mass is 10.1. The minimum atomic E-state index is 0.0542. The van der Waals surface area contributed by atoms with Crippen LogP contribution in [0.15, 0.2) is 41.0 Å². The van der Waals surface area contributed by atoms with Crippen LogP contribution in [-0.2, 0) is 4.79 Å². The SMILES string of the molecule is CCCCC(=O)Nc1ccc(C)cc1-c1ccco1. The van der Waals surface area contributed by atoms with Crippen LogP contribution in [-0.4, -0.2) is 5.91 Å². The van der Waals surface area contributed by atoms with Crippen molar-refractivity contribution in [2.75, 3.05) is 5.32 Å². The van der Waals surface area contributed by atoms with Crippen molar-refractivity contribution in [2.45, 2.75) is 33.1 Å². The number of carbonyl (C=O) groups is 1. The second kappa shape index (κ2) is 6.23. The molecule has 0 saturated carbocycles. The highest BCUT2D eigenvalue weighted by atomic mass is 16.3. The van der Waals surface area contributed by atoms with Gasteiger partial charge in [0.25, 0.3) is 0 Å². The number of hydrogen-bond donors (Lipinski definition) is 1. The molecule has 2 aromatic rings. The van der Waals surface area contributed by atoms with Gasteiger partial charge in [0.1, 0.15) is 5.76 Å². The lowest BCUT2D eigenvalue weighted by Crippen LogP contribution is -2.11. The molecule has 0 spiro atoms. The first-order chi connectivity index (χ1) is 9.20. The highest BCUT2D eigenvalue weighted by Crippen LogP contribution is 2.29. The van der Waals surface area contributed by atoms with Gasteiger partial charge in [-0.3, -0.25) is 4.79 Å². The third-order valence-electron chi connectivity index (χ3n) is 2.99. The number of nitrogens with one attached hydrogen (secondary N) is 1. The van der Waals surface area contributed by atoms with Crippen LogP contribution >= 0.6 is 0 Å². The maximum Gasteiger partial charge on any atom is 0.224 e. The van der Waals surface area contributed by atoms with Crippen LogP contribution in [0.4, 0.5) is 5.69 Å². The van der Waals surface area contributed by atoms with Gasteiger partial charge >= 0.3 is 0 Å². The number of furan rings is 1. The van der Waals surface area contributed by atoms with Gasteiger partial charge < -0.3 is 9.73 Å². The molecule has 0 fully saturated rings. The number of carbonyl (C=O) groups excluding carboxylic acids is 1. The zero-order chi connectivity index (χ0) is 13.7. The molecule has 0 aliphatic heterocycles. The van der Waals surface area contributed by atoms with Crippen molar-refractivity contribution in [1.29, 1.82) is 0 Å². The molecular weight excluding hydrogens is 238 g/mol. The van der Waals surface area contributed by atoms with Gasteiger partial charge in [-0.05, 0) is 37.6 Å². The van der Waals surface area contributed by atoms with Crippen LogP contribution in [0.2, 0.25) is 0 Å². The standard InChI is InChI=1S/C16H19NO2/c1-3-4-7-16(18)17-14-9-8-12(2)11-13(14)15-6-5-10-19-15/h5-6,8-11H,3-4,7H2,1-2H3,(H,17,18). The first-order valence-corrected chi connectivity index (χ1v) is 6.65. The molecule has 2 rings (SSSR count). The Kier molecular flexibility index (Phi) is 4.39. The van der Waals surface area contributed by atoms with Crippen molar-refractivity contribution in [2.24, 2.45) is 0 Å². The number of rotatable bonds is 5. The molecule has 3 nitrogen and oxygen atoms in total. The summed E-state index contributed by atoms with van der Waals surface area (Å²) in [6, 6.07) is 9.68. The van der Waals surface area contributed by atoms with Gasteiger partial charge in [0.05, 0.1) is 12.0 Å². The number of hydrogen-bond acceptors (Lipinski definition) is 2. The van der Waals surface area contributed by atoms with Crippen LogP contribution in [0.3, 0.4) is 0 Å². The van der Waals surface area contributed by atoms with Crippen LogP contribution in [0.1, 0.15) is 31.7 Å². The molecule has 1 N–H and O–H groups in total. The highest BCUT2D eigenvalue weighted by molar-refractivity contribution is 5.95. The van der Waals surface area contributed by atoms with E-state index in [0.717, 1.165) is 35.4 Å². The average molecular weight is 257 g/mol. The maximum atomic E-state index is 11.8. The van der Waals surface area contributed by atoms with Crippen molar-refractivity contribution in [3.8, 4) is 11.3 Å². The number of benzene rings is 1. The summed E-state index contributed by atoms with van der Waals surface area (Å²) >= 11 is 0. The van der Waals surface area contributed by atoms with E-state index in [1.807, 2.05) is 37.3 Å². The Morgan fingerprint density at radius 1 is 1.32 bits per heavy atom. The van der Waals surface area contributed by atoms with Crippen LogP contribution in [0, 0.1) is 6.92 Å². The molecule has 0 bridgehead atoms. The minimum Gasteiger partial charge on any atom is -0.464 e. The molecule has 0 unspecified atom stereocenters. The van der Waals surface area contributed by atoms with Crippen molar-refractivity contribution in [3.63, 3.8) is 0 Å². The first-order valence-electron chi connectivity index (χ1n) is 6.65. The summed E-state index contributed by atoms with van der Waals surface area (Å²) in [5, 5.41) is 2.96. The predicted octanol–water partition coefficient (Wildman–Crippen LogP) is 4.38. The number of anilines is 1. The number of amides is 1. The van der Waals surface area contributed by atoms with E-state index in [-0.39, 0.29) is 5.91 Å². The van der Waals surface area contributed by atoms with Crippen molar-refractivity contribution < 1.29 is 9.21 Å². The summed E-state index contributed by atoms with van der Waals surface area (Å²) in [5.41, 5.74) is 2.87. The Bertz CT molecular complexity index is 544. The molecule has 1 heterocycles. The summed E-state index contributed by atoms with van der Waals surface area (Å²) in [6.07, 6.45) is 4.13. The summed E-state index contributed by atoms with van der Waals surface area (Å²) in [4.78, 5) is 11.8. The molecule has 0 radical (unpaired) electrons. The Morgan fingerprint density at radius 2 is 2.16 bits per heavy atom. The number of unbranched alkanes of at least 4 members (excludes halogenated alkanes) is 1. The topological polar surface area (TPSA) is 42.2 Å². The third kappa shape index (κ3) is 3.47.